The molecule has 0 aliphatic heterocycles. The smallest absolute Gasteiger partial charge is 0.249 e. The first-order chi connectivity index (χ1) is 9.74. The zero-order valence-corrected chi connectivity index (χ0v) is 10.9. The monoisotopic (exact) mass is 271 g/mol. The minimum absolute atomic E-state index is 0.141. The summed E-state index contributed by atoms with van der Waals surface area (Å²) in [4.78, 5) is 0. The zero-order valence-electron chi connectivity index (χ0n) is 10.9. The van der Waals surface area contributed by atoms with Crippen LogP contribution in [0.4, 0.5) is 0 Å². The third-order valence-electron chi connectivity index (χ3n) is 3.00. The first-order valence-electron chi connectivity index (χ1n) is 6.19. The Kier molecular flexibility index (Phi) is 3.30. The third kappa shape index (κ3) is 2.46. The number of hydrogen-bond acceptors (Lipinski definition) is 6. The average molecular weight is 271 g/mol. The Morgan fingerprint density at radius 3 is 2.70 bits per heavy atom. The number of aliphatic hydroxyl groups is 1. The van der Waals surface area contributed by atoms with Crippen LogP contribution in [0.15, 0.2) is 45.5 Å². The summed E-state index contributed by atoms with van der Waals surface area (Å²) < 4.78 is 10.3. The molecular weight excluding hydrogens is 258 g/mol. The van der Waals surface area contributed by atoms with Crippen molar-refractivity contribution < 1.29 is 14.0 Å². The maximum absolute atomic E-state index is 10.1. The molecule has 0 radical (unpaired) electrons. The van der Waals surface area contributed by atoms with Crippen molar-refractivity contribution in [3.8, 4) is 0 Å². The normalized spacial score (nSPS) is 12.5. The van der Waals surface area contributed by atoms with E-state index >= 15 is 0 Å². The van der Waals surface area contributed by atoms with Crippen LogP contribution in [0.5, 0.6) is 0 Å². The van der Waals surface area contributed by atoms with Crippen molar-refractivity contribution in [3.63, 3.8) is 0 Å². The molecule has 1 aromatic carbocycles. The van der Waals surface area contributed by atoms with E-state index in [-0.39, 0.29) is 5.89 Å². The van der Waals surface area contributed by atoms with E-state index in [0.717, 1.165) is 5.56 Å². The van der Waals surface area contributed by atoms with Gasteiger partial charge in [0.1, 0.15) is 6.26 Å². The predicted molar refractivity (Wildman–Crippen MR) is 68.8 cm³/mol. The van der Waals surface area contributed by atoms with Crippen LogP contribution in [0.25, 0.3) is 0 Å². The molecule has 0 bridgehead atoms. The van der Waals surface area contributed by atoms with Gasteiger partial charge in [0.05, 0.1) is 17.7 Å². The van der Waals surface area contributed by atoms with Crippen molar-refractivity contribution >= 4 is 0 Å². The first kappa shape index (κ1) is 12.6. The standard InChI is InChI=1S/C14H13N3O3/c1-9-11(8-19-17-9)13(18)14-16-15-12(20-14)7-10-5-3-2-4-6-10/h2-6,8,13,18H,7H2,1H3/t13-/m0/s1. The number of rotatable bonds is 4. The molecular formula is C14H13N3O3. The van der Waals surface area contributed by atoms with Gasteiger partial charge in [-0.3, -0.25) is 0 Å². The van der Waals surface area contributed by atoms with Crippen molar-refractivity contribution in [2.75, 3.05) is 0 Å². The molecule has 0 fully saturated rings. The molecule has 0 amide bonds. The lowest BCUT2D eigenvalue weighted by molar-refractivity contribution is 0.179. The molecule has 6 heteroatoms. The molecule has 0 aliphatic rings. The molecule has 3 aromatic rings. The average Bonchev–Trinajstić information content (AvgIpc) is 3.08. The highest BCUT2D eigenvalue weighted by molar-refractivity contribution is 5.21. The Hall–Kier alpha value is -2.47. The van der Waals surface area contributed by atoms with Crippen molar-refractivity contribution in [3.05, 3.63) is 65.2 Å². The molecule has 0 spiro atoms. The highest BCUT2D eigenvalue weighted by Gasteiger charge is 2.22. The number of aryl methyl sites for hydroxylation is 1. The third-order valence-corrected chi connectivity index (χ3v) is 3.00. The SMILES string of the molecule is Cc1nocc1[C@H](O)c1nnc(Cc2ccccc2)o1. The van der Waals surface area contributed by atoms with Crippen LogP contribution in [0.2, 0.25) is 0 Å². The number of hydrogen-bond donors (Lipinski definition) is 1. The van der Waals surface area contributed by atoms with Gasteiger partial charge in [-0.05, 0) is 12.5 Å². The maximum atomic E-state index is 10.1. The molecule has 2 aromatic heterocycles. The second-order valence-electron chi connectivity index (χ2n) is 4.45. The molecule has 2 heterocycles. The summed E-state index contributed by atoms with van der Waals surface area (Å²) in [5.41, 5.74) is 2.19. The van der Waals surface area contributed by atoms with E-state index in [4.69, 9.17) is 8.94 Å². The molecule has 0 saturated carbocycles. The van der Waals surface area contributed by atoms with Crippen LogP contribution < -0.4 is 0 Å². The van der Waals surface area contributed by atoms with Crippen LogP contribution in [0.1, 0.15) is 34.7 Å². The predicted octanol–water partition coefficient (Wildman–Crippen LogP) is 2.04. The van der Waals surface area contributed by atoms with Gasteiger partial charge >= 0.3 is 0 Å². The summed E-state index contributed by atoms with van der Waals surface area (Å²) in [6.07, 6.45) is 0.892. The van der Waals surface area contributed by atoms with Gasteiger partial charge in [-0.1, -0.05) is 35.5 Å². The van der Waals surface area contributed by atoms with Crippen LogP contribution in [-0.2, 0) is 6.42 Å². The van der Waals surface area contributed by atoms with E-state index in [1.807, 2.05) is 30.3 Å². The highest BCUT2D eigenvalue weighted by atomic mass is 16.5. The van der Waals surface area contributed by atoms with E-state index in [9.17, 15) is 5.11 Å². The number of aromatic nitrogens is 3. The van der Waals surface area contributed by atoms with E-state index < -0.39 is 6.10 Å². The Morgan fingerprint density at radius 2 is 2.00 bits per heavy atom. The van der Waals surface area contributed by atoms with Gasteiger partial charge in [0.15, 0.2) is 6.10 Å². The van der Waals surface area contributed by atoms with E-state index in [1.54, 1.807) is 6.92 Å². The summed E-state index contributed by atoms with van der Waals surface area (Å²) >= 11 is 0. The summed E-state index contributed by atoms with van der Waals surface area (Å²) in [7, 11) is 0. The molecule has 20 heavy (non-hydrogen) atoms. The number of aliphatic hydroxyl groups excluding tert-OH is 1. The lowest BCUT2D eigenvalue weighted by Gasteiger charge is -2.02. The number of nitrogens with zero attached hydrogens (tertiary/aromatic N) is 3. The van der Waals surface area contributed by atoms with Gasteiger partial charge in [0.2, 0.25) is 11.8 Å². The Labute approximate surface area is 115 Å². The molecule has 3 rings (SSSR count). The molecule has 0 aliphatic carbocycles. The van der Waals surface area contributed by atoms with Crippen molar-refractivity contribution in [2.24, 2.45) is 0 Å². The van der Waals surface area contributed by atoms with Gasteiger partial charge in [-0.15, -0.1) is 10.2 Å². The van der Waals surface area contributed by atoms with Gasteiger partial charge in [0, 0.05) is 0 Å². The van der Waals surface area contributed by atoms with Crippen molar-refractivity contribution in [2.45, 2.75) is 19.4 Å². The van der Waals surface area contributed by atoms with Crippen LogP contribution in [0.3, 0.4) is 0 Å². The van der Waals surface area contributed by atoms with Gasteiger partial charge in [-0.2, -0.15) is 0 Å². The Bertz CT molecular complexity index is 691. The minimum Gasteiger partial charge on any atom is -0.422 e. The topological polar surface area (TPSA) is 85.2 Å². The fourth-order valence-electron chi connectivity index (χ4n) is 1.91. The second kappa shape index (κ2) is 5.26. The van der Waals surface area contributed by atoms with Crippen LogP contribution >= 0.6 is 0 Å². The van der Waals surface area contributed by atoms with Crippen molar-refractivity contribution in [1.29, 1.82) is 0 Å². The van der Waals surface area contributed by atoms with Gasteiger partial charge in [0.25, 0.3) is 0 Å². The van der Waals surface area contributed by atoms with E-state index in [2.05, 4.69) is 15.4 Å². The fourth-order valence-corrected chi connectivity index (χ4v) is 1.91. The zero-order chi connectivity index (χ0) is 13.9. The molecule has 6 nitrogen and oxygen atoms in total. The lowest BCUT2D eigenvalue weighted by atomic mass is 10.1. The van der Waals surface area contributed by atoms with Gasteiger partial charge < -0.3 is 14.0 Å². The van der Waals surface area contributed by atoms with E-state index in [0.29, 0.717) is 23.6 Å². The first-order valence-corrected chi connectivity index (χ1v) is 6.19. The molecule has 0 unspecified atom stereocenters. The van der Waals surface area contributed by atoms with Crippen LogP contribution in [-0.4, -0.2) is 20.5 Å². The highest BCUT2D eigenvalue weighted by Crippen LogP contribution is 2.23. The Morgan fingerprint density at radius 1 is 1.20 bits per heavy atom. The molecule has 1 atom stereocenters. The summed E-state index contributed by atoms with van der Waals surface area (Å²) in [5.74, 6) is 0.599. The maximum Gasteiger partial charge on any atom is 0.249 e. The lowest BCUT2D eigenvalue weighted by Crippen LogP contribution is -2.00. The summed E-state index contributed by atoms with van der Waals surface area (Å²) in [6.45, 7) is 1.74. The summed E-state index contributed by atoms with van der Waals surface area (Å²) in [5, 5.41) is 21.7. The largest absolute Gasteiger partial charge is 0.422 e. The molecule has 102 valence electrons. The number of benzene rings is 1. The molecule has 0 saturated heterocycles. The van der Waals surface area contributed by atoms with Crippen LogP contribution in [0, 0.1) is 6.92 Å². The minimum atomic E-state index is -1.02. The van der Waals surface area contributed by atoms with E-state index in [1.165, 1.54) is 6.26 Å². The van der Waals surface area contributed by atoms with Gasteiger partial charge in [-0.25, -0.2) is 0 Å². The summed E-state index contributed by atoms with van der Waals surface area (Å²) in [6, 6.07) is 9.79. The fraction of sp³-hybridized carbons (Fsp3) is 0.214. The van der Waals surface area contributed by atoms with Crippen molar-refractivity contribution in [1.82, 2.24) is 15.4 Å². The quantitative estimate of drug-likeness (QED) is 0.781. The molecule has 1 N–H and O–H groups in total. The Balaban J connectivity index is 1.79. The second-order valence-corrected chi connectivity index (χ2v) is 4.45.